The fourth-order valence-corrected chi connectivity index (χ4v) is 6.25. The van der Waals surface area contributed by atoms with Crippen molar-refractivity contribution >= 4 is 44.8 Å². The van der Waals surface area contributed by atoms with Crippen LogP contribution in [0.4, 0.5) is 5.82 Å². The molecular weight excluding hydrogens is 435 g/mol. The van der Waals surface area contributed by atoms with Crippen molar-refractivity contribution < 1.29 is 8.42 Å². The molecule has 1 fully saturated rings. The van der Waals surface area contributed by atoms with E-state index in [1.807, 2.05) is 0 Å². The Hall–Kier alpha value is -1.94. The van der Waals surface area contributed by atoms with Gasteiger partial charge < -0.3 is 4.90 Å². The van der Waals surface area contributed by atoms with Crippen molar-refractivity contribution in [2.24, 2.45) is 0 Å². The second kappa shape index (κ2) is 7.09. The third kappa shape index (κ3) is 3.07. The van der Waals surface area contributed by atoms with E-state index in [1.54, 1.807) is 16.6 Å². The number of halogens is 2. The van der Waals surface area contributed by atoms with Crippen molar-refractivity contribution in [2.45, 2.75) is 24.2 Å². The van der Waals surface area contributed by atoms with E-state index in [9.17, 15) is 8.42 Å². The molecule has 0 saturated carbocycles. The Bertz CT molecular complexity index is 1200. The first-order chi connectivity index (χ1) is 14.0. The summed E-state index contributed by atoms with van der Waals surface area (Å²) in [6, 6.07) is 4.66. The first-order valence-corrected chi connectivity index (χ1v) is 11.6. The van der Waals surface area contributed by atoms with E-state index in [-0.39, 0.29) is 14.9 Å². The number of aromatic nitrogens is 4. The van der Waals surface area contributed by atoms with Crippen molar-refractivity contribution in [3.05, 3.63) is 45.8 Å². The van der Waals surface area contributed by atoms with Crippen LogP contribution in [0.2, 0.25) is 10.0 Å². The molecule has 8 nitrogen and oxygen atoms in total. The van der Waals surface area contributed by atoms with Crippen molar-refractivity contribution in [1.29, 1.82) is 0 Å². The van der Waals surface area contributed by atoms with Gasteiger partial charge in [0.1, 0.15) is 17.0 Å². The fourth-order valence-electron chi connectivity index (χ4n) is 4.09. The number of anilines is 1. The third-order valence-electron chi connectivity index (χ3n) is 5.50. The van der Waals surface area contributed by atoms with Gasteiger partial charge in [-0.05, 0) is 31.4 Å². The van der Waals surface area contributed by atoms with Crippen LogP contribution in [0.15, 0.2) is 29.4 Å². The van der Waals surface area contributed by atoms with Crippen molar-refractivity contribution in [2.75, 3.05) is 31.1 Å². The van der Waals surface area contributed by atoms with Crippen LogP contribution in [0.3, 0.4) is 0 Å². The van der Waals surface area contributed by atoms with Crippen LogP contribution in [0.5, 0.6) is 0 Å². The van der Waals surface area contributed by atoms with Gasteiger partial charge in [-0.1, -0.05) is 29.3 Å². The molecule has 0 atom stereocenters. The normalized spacial score (nSPS) is 17.8. The molecule has 1 aliphatic heterocycles. The number of fused-ring (bicyclic) bond motifs is 2. The summed E-state index contributed by atoms with van der Waals surface area (Å²) in [7, 11) is -3.72. The molecule has 3 heterocycles. The number of nitrogens with zero attached hydrogens (tertiary/aromatic N) is 6. The van der Waals surface area contributed by atoms with Crippen molar-refractivity contribution in [1.82, 2.24) is 23.9 Å². The van der Waals surface area contributed by atoms with Gasteiger partial charge in [0.2, 0.25) is 10.0 Å². The average molecular weight is 453 g/mol. The summed E-state index contributed by atoms with van der Waals surface area (Å²) < 4.78 is 29.4. The molecule has 1 aliphatic carbocycles. The van der Waals surface area contributed by atoms with Crippen LogP contribution < -0.4 is 4.90 Å². The third-order valence-corrected chi connectivity index (χ3v) is 8.37. The molecular formula is C18H18Cl2N6O2S. The first-order valence-electron chi connectivity index (χ1n) is 9.37. The largest absolute Gasteiger partial charge is 0.354 e. The summed E-state index contributed by atoms with van der Waals surface area (Å²) >= 11 is 12.2. The molecule has 5 rings (SSSR count). The number of hydrogen-bond donors (Lipinski definition) is 0. The maximum absolute atomic E-state index is 13.1. The van der Waals surface area contributed by atoms with Crippen LogP contribution in [-0.2, 0) is 22.9 Å². The minimum atomic E-state index is -3.72. The minimum Gasteiger partial charge on any atom is -0.354 e. The van der Waals surface area contributed by atoms with Crippen LogP contribution in [0, 0.1) is 0 Å². The lowest BCUT2D eigenvalue weighted by molar-refractivity contribution is 0.382. The molecule has 3 aromatic rings. The highest BCUT2D eigenvalue weighted by Gasteiger charge is 2.33. The zero-order chi connectivity index (χ0) is 20.2. The molecule has 2 aliphatic rings. The fraction of sp³-hybridized carbons (Fsp3) is 0.389. The quantitative estimate of drug-likeness (QED) is 0.606. The Kier molecular flexibility index (Phi) is 4.65. The van der Waals surface area contributed by atoms with E-state index in [1.165, 1.54) is 22.3 Å². The zero-order valence-electron chi connectivity index (χ0n) is 15.4. The maximum atomic E-state index is 13.1. The van der Waals surface area contributed by atoms with E-state index in [2.05, 4.69) is 20.0 Å². The number of piperazine rings is 1. The predicted octanol–water partition coefficient (Wildman–Crippen LogP) is 2.43. The van der Waals surface area contributed by atoms with Gasteiger partial charge in [0, 0.05) is 31.7 Å². The molecule has 0 radical (unpaired) electrons. The highest BCUT2D eigenvalue weighted by Crippen LogP contribution is 2.33. The minimum absolute atomic E-state index is 0.0450. The Labute approximate surface area is 178 Å². The summed E-state index contributed by atoms with van der Waals surface area (Å²) in [5.74, 6) is 1.57. The lowest BCUT2D eigenvalue weighted by atomic mass is 10.2. The zero-order valence-corrected chi connectivity index (χ0v) is 17.8. The van der Waals surface area contributed by atoms with E-state index < -0.39 is 10.0 Å². The van der Waals surface area contributed by atoms with Gasteiger partial charge in [-0.15, -0.1) is 0 Å². The highest BCUT2D eigenvalue weighted by atomic mass is 35.5. The lowest BCUT2D eigenvalue weighted by Gasteiger charge is -2.36. The Morgan fingerprint density at radius 2 is 1.83 bits per heavy atom. The predicted molar refractivity (Wildman–Crippen MR) is 110 cm³/mol. The molecule has 29 heavy (non-hydrogen) atoms. The summed E-state index contributed by atoms with van der Waals surface area (Å²) in [5.41, 5.74) is 2.26. The lowest BCUT2D eigenvalue weighted by Crippen LogP contribution is -2.49. The molecule has 1 saturated heterocycles. The molecule has 1 aromatic carbocycles. The van der Waals surface area contributed by atoms with Crippen LogP contribution in [0.1, 0.15) is 17.7 Å². The second-order valence-electron chi connectivity index (χ2n) is 7.13. The van der Waals surface area contributed by atoms with Gasteiger partial charge in [-0.3, -0.25) is 0 Å². The molecule has 152 valence electrons. The van der Waals surface area contributed by atoms with E-state index in [0.717, 1.165) is 30.8 Å². The maximum Gasteiger partial charge on any atom is 0.254 e. The average Bonchev–Trinajstić information content (AvgIpc) is 3.37. The van der Waals surface area contributed by atoms with Gasteiger partial charge in [0.25, 0.3) is 5.78 Å². The second-order valence-corrected chi connectivity index (χ2v) is 9.82. The SMILES string of the molecule is O=S(=O)(c1cccc(Cl)c1Cl)N1CCN(c2c3c(nc4ncnn24)CCC3)CC1. The van der Waals surface area contributed by atoms with Gasteiger partial charge in [0.15, 0.2) is 0 Å². The summed E-state index contributed by atoms with van der Waals surface area (Å²) in [6.07, 6.45) is 4.45. The Morgan fingerprint density at radius 3 is 2.62 bits per heavy atom. The van der Waals surface area contributed by atoms with Crippen molar-refractivity contribution in [3.8, 4) is 0 Å². The summed E-state index contributed by atoms with van der Waals surface area (Å²) in [4.78, 5) is 11.1. The topological polar surface area (TPSA) is 83.7 Å². The van der Waals surface area contributed by atoms with Crippen LogP contribution in [0.25, 0.3) is 5.78 Å². The summed E-state index contributed by atoms with van der Waals surface area (Å²) in [6.45, 7) is 1.78. The number of benzene rings is 1. The molecule has 0 unspecified atom stereocenters. The van der Waals surface area contributed by atoms with Gasteiger partial charge in [-0.25, -0.2) is 13.4 Å². The Morgan fingerprint density at radius 1 is 1.03 bits per heavy atom. The van der Waals surface area contributed by atoms with E-state index in [4.69, 9.17) is 23.2 Å². The van der Waals surface area contributed by atoms with Crippen LogP contribution >= 0.6 is 23.2 Å². The monoisotopic (exact) mass is 452 g/mol. The van der Waals surface area contributed by atoms with E-state index in [0.29, 0.717) is 32.0 Å². The molecule has 0 N–H and O–H groups in total. The molecule has 0 spiro atoms. The van der Waals surface area contributed by atoms with Gasteiger partial charge in [-0.2, -0.15) is 18.9 Å². The standard InChI is InChI=1S/C18H18Cl2N6O2S/c19-13-4-2-6-15(16(13)20)29(27,28)25-9-7-24(8-10-25)17-12-3-1-5-14(12)23-18-21-11-22-26(17)18/h2,4,6,11H,1,3,5,7-10H2. The van der Waals surface area contributed by atoms with Gasteiger partial charge in [0.05, 0.1) is 15.7 Å². The molecule has 0 bridgehead atoms. The van der Waals surface area contributed by atoms with E-state index >= 15 is 0 Å². The smallest absolute Gasteiger partial charge is 0.254 e. The molecule has 2 aromatic heterocycles. The first kappa shape index (κ1) is 19.0. The van der Waals surface area contributed by atoms with Crippen LogP contribution in [-0.4, -0.2) is 58.5 Å². The number of sulfonamides is 1. The van der Waals surface area contributed by atoms with Crippen molar-refractivity contribution in [3.63, 3.8) is 0 Å². The number of rotatable bonds is 3. The molecule has 11 heteroatoms. The summed E-state index contributed by atoms with van der Waals surface area (Å²) in [5, 5.41) is 4.64. The number of aryl methyl sites for hydroxylation is 1. The molecule has 0 amide bonds. The highest BCUT2D eigenvalue weighted by molar-refractivity contribution is 7.89. The Balaban J connectivity index is 1.44. The van der Waals surface area contributed by atoms with Gasteiger partial charge >= 0.3 is 0 Å². The number of hydrogen-bond acceptors (Lipinski definition) is 6.